The zero-order valence-electron chi connectivity index (χ0n) is 26.2. The zero-order chi connectivity index (χ0) is 33.3. The van der Waals surface area contributed by atoms with Crippen molar-refractivity contribution < 1.29 is 55.2 Å². The van der Waals surface area contributed by atoms with E-state index in [4.69, 9.17) is 32.8 Å². The molecular weight excluding hydrogens is 627 g/mol. The smallest absolute Gasteiger partial charge is 0.332 e. The number of anilines is 1. The Morgan fingerprint density at radius 3 is 2.30 bits per heavy atom. The monoisotopic (exact) mass is 666 g/mol. The molecule has 2 heterocycles. The number of methoxy groups -OCH3 is 1. The van der Waals surface area contributed by atoms with Crippen LogP contribution in [-0.2, 0) is 43.2 Å². The summed E-state index contributed by atoms with van der Waals surface area (Å²) < 4.78 is 79.2. The highest BCUT2D eigenvalue weighted by Gasteiger charge is 2.34. The van der Waals surface area contributed by atoms with E-state index < -0.39 is 39.9 Å². The lowest BCUT2D eigenvalue weighted by Gasteiger charge is -2.24. The maximum Gasteiger partial charge on any atom is 0.332 e. The molecule has 1 N–H and O–H groups in total. The Labute approximate surface area is 266 Å². The van der Waals surface area contributed by atoms with Crippen molar-refractivity contribution in [3.8, 4) is 11.3 Å². The van der Waals surface area contributed by atoms with Crippen LogP contribution in [0.3, 0.4) is 0 Å². The van der Waals surface area contributed by atoms with Crippen molar-refractivity contribution in [3.05, 3.63) is 53.3 Å². The van der Waals surface area contributed by atoms with Crippen LogP contribution >= 0.6 is 0 Å². The summed E-state index contributed by atoms with van der Waals surface area (Å²) in [6.45, 7) is 3.25. The summed E-state index contributed by atoms with van der Waals surface area (Å²) >= 11 is 0. The average Bonchev–Trinajstić information content (AvgIpc) is 3.33. The van der Waals surface area contributed by atoms with Crippen LogP contribution in [-0.4, -0.2) is 106 Å². The number of rotatable bonds is 16. The normalized spacial score (nSPS) is 16.7. The summed E-state index contributed by atoms with van der Waals surface area (Å²) in [5.74, 6) is -1.32. The topological polar surface area (TPSA) is 152 Å². The van der Waals surface area contributed by atoms with E-state index in [1.165, 1.54) is 31.3 Å². The van der Waals surface area contributed by atoms with Gasteiger partial charge in [0.1, 0.15) is 36.5 Å². The van der Waals surface area contributed by atoms with Crippen molar-refractivity contribution in [2.45, 2.75) is 19.1 Å². The van der Waals surface area contributed by atoms with Gasteiger partial charge in [-0.2, -0.15) is 0 Å². The van der Waals surface area contributed by atoms with Gasteiger partial charge in [-0.1, -0.05) is 0 Å². The summed E-state index contributed by atoms with van der Waals surface area (Å²) in [5.41, 5.74) is 1.71. The van der Waals surface area contributed by atoms with E-state index in [0.29, 0.717) is 48.6 Å². The molecule has 1 aliphatic heterocycles. The summed E-state index contributed by atoms with van der Waals surface area (Å²) in [7, 11) is -0.777. The molecule has 1 aromatic heterocycles. The van der Waals surface area contributed by atoms with E-state index in [1.54, 1.807) is 26.2 Å². The van der Waals surface area contributed by atoms with Gasteiger partial charge in [0.15, 0.2) is 0 Å². The number of ether oxygens (including phenoxy) is 6. The lowest BCUT2D eigenvalue weighted by Crippen LogP contribution is -2.39. The molecule has 4 rings (SSSR count). The number of nitrogens with one attached hydrogen (secondary N) is 1. The molecule has 1 aliphatic rings. The Morgan fingerprint density at radius 1 is 1.02 bits per heavy atom. The molecule has 0 unspecified atom stereocenters. The molecule has 0 aliphatic carbocycles. The summed E-state index contributed by atoms with van der Waals surface area (Å²) in [6, 6.07) is 8.69. The van der Waals surface area contributed by atoms with E-state index in [1.807, 2.05) is 0 Å². The van der Waals surface area contributed by atoms with Gasteiger partial charge < -0.3 is 38.2 Å². The van der Waals surface area contributed by atoms with E-state index in [9.17, 15) is 22.4 Å². The Kier molecular flexibility index (Phi) is 12.5. The molecule has 0 spiro atoms. The van der Waals surface area contributed by atoms with Gasteiger partial charge in [-0.3, -0.25) is 9.10 Å². The first-order chi connectivity index (χ1) is 22.0. The summed E-state index contributed by atoms with van der Waals surface area (Å²) in [5, 5.41) is 3.02. The minimum atomic E-state index is -3.84. The number of esters is 1. The number of furan rings is 1. The fraction of sp³-hybridized carbons (Fsp3) is 0.484. The Morgan fingerprint density at radius 2 is 1.67 bits per heavy atom. The van der Waals surface area contributed by atoms with Crippen LogP contribution in [0.15, 0.2) is 40.8 Å². The molecule has 1 amide bonds. The average molecular weight is 667 g/mol. The zero-order valence-corrected chi connectivity index (χ0v) is 27.0. The number of halogens is 1. The third-order valence-electron chi connectivity index (χ3n) is 7.10. The SMILES string of the molecule is CNC(=O)c1c(-c2ccc(F)cc2)oc2cc3c(cc12)[C@H](C)O[C@H](COC(=O)COCCOCCOCCOC)CN3S(C)(=O)=O. The number of carbonyl (C=O) groups excluding carboxylic acids is 2. The van der Waals surface area contributed by atoms with Crippen LogP contribution in [0, 0.1) is 5.82 Å². The van der Waals surface area contributed by atoms with Crippen LogP contribution in [0.4, 0.5) is 10.1 Å². The quantitative estimate of drug-likeness (QED) is 0.177. The molecule has 46 heavy (non-hydrogen) atoms. The van der Waals surface area contributed by atoms with Crippen LogP contribution < -0.4 is 9.62 Å². The number of nitrogens with zero attached hydrogens (tertiary/aromatic N) is 1. The first kappa shape index (κ1) is 35.3. The number of carbonyl (C=O) groups is 2. The van der Waals surface area contributed by atoms with Gasteiger partial charge in [-0.05, 0) is 37.3 Å². The molecule has 15 heteroatoms. The number of hydrogen-bond acceptors (Lipinski definition) is 11. The Bertz CT molecular complexity index is 1590. The molecule has 13 nitrogen and oxygen atoms in total. The molecule has 0 saturated heterocycles. The standard InChI is InChI=1S/C31H39FN2O11S/c1-20-24-15-25-27(45-30(29(25)31(36)33-2)21-5-7-22(32)8-6-21)16-26(24)34(46(4,37)38)17-23(44-20)18-43-28(35)19-42-14-13-41-12-11-40-10-9-39-3/h5-8,15-16,20,23H,9-14,17-19H2,1-4H3,(H,33,36)/t20-,23-/m0/s1. The van der Waals surface area contributed by atoms with Crippen LogP contribution in [0.25, 0.3) is 22.3 Å². The maximum absolute atomic E-state index is 13.6. The third-order valence-corrected chi connectivity index (χ3v) is 8.24. The van der Waals surface area contributed by atoms with Crippen LogP contribution in [0.2, 0.25) is 0 Å². The predicted octanol–water partition coefficient (Wildman–Crippen LogP) is 3.06. The molecule has 0 radical (unpaired) electrons. The lowest BCUT2D eigenvalue weighted by molar-refractivity contribution is -0.154. The molecule has 2 atom stereocenters. The second-order valence-electron chi connectivity index (χ2n) is 10.4. The number of fused-ring (bicyclic) bond motifs is 2. The summed E-state index contributed by atoms with van der Waals surface area (Å²) in [4.78, 5) is 25.3. The van der Waals surface area contributed by atoms with Crippen molar-refractivity contribution in [2.24, 2.45) is 0 Å². The minimum Gasteiger partial charge on any atom is -0.461 e. The van der Waals surface area contributed by atoms with E-state index in [0.717, 1.165) is 10.6 Å². The van der Waals surface area contributed by atoms with Gasteiger partial charge in [0.2, 0.25) is 10.0 Å². The number of benzene rings is 2. The summed E-state index contributed by atoms with van der Waals surface area (Å²) in [6.07, 6.45) is -0.422. The van der Waals surface area contributed by atoms with Crippen LogP contribution in [0.1, 0.15) is 28.9 Å². The highest BCUT2D eigenvalue weighted by molar-refractivity contribution is 7.92. The van der Waals surface area contributed by atoms with Gasteiger partial charge >= 0.3 is 5.97 Å². The second kappa shape index (κ2) is 16.3. The largest absolute Gasteiger partial charge is 0.461 e. The lowest BCUT2D eigenvalue weighted by atomic mass is 10.0. The first-order valence-corrected chi connectivity index (χ1v) is 16.5. The highest BCUT2D eigenvalue weighted by Crippen LogP contribution is 2.42. The first-order valence-electron chi connectivity index (χ1n) is 14.6. The van der Waals surface area contributed by atoms with Crippen molar-refractivity contribution in [3.63, 3.8) is 0 Å². The highest BCUT2D eigenvalue weighted by atomic mass is 32.2. The van der Waals surface area contributed by atoms with Gasteiger partial charge in [-0.25, -0.2) is 17.6 Å². The molecule has 2 aromatic carbocycles. The fourth-order valence-electron chi connectivity index (χ4n) is 4.90. The van der Waals surface area contributed by atoms with Crippen molar-refractivity contribution in [2.75, 3.05) is 84.1 Å². The fourth-order valence-corrected chi connectivity index (χ4v) is 5.86. The third kappa shape index (κ3) is 9.02. The molecule has 0 fully saturated rings. The number of hydrogen-bond donors (Lipinski definition) is 1. The van der Waals surface area contributed by atoms with E-state index in [-0.39, 0.29) is 49.9 Å². The van der Waals surface area contributed by atoms with Gasteiger partial charge in [0.25, 0.3) is 5.91 Å². The maximum atomic E-state index is 13.6. The number of amides is 1. The van der Waals surface area contributed by atoms with Crippen molar-refractivity contribution in [1.82, 2.24) is 5.32 Å². The van der Waals surface area contributed by atoms with Gasteiger partial charge in [0.05, 0.1) is 69.8 Å². The minimum absolute atomic E-state index is 0.149. The van der Waals surface area contributed by atoms with Gasteiger partial charge in [0, 0.05) is 36.7 Å². The Balaban J connectivity index is 1.45. The predicted molar refractivity (Wildman–Crippen MR) is 166 cm³/mol. The Hall–Kier alpha value is -3.60. The number of sulfonamides is 1. The second-order valence-corrected chi connectivity index (χ2v) is 12.4. The molecule has 0 saturated carbocycles. The molecule has 252 valence electrons. The van der Waals surface area contributed by atoms with E-state index >= 15 is 0 Å². The molecular formula is C31H39FN2O11S. The van der Waals surface area contributed by atoms with E-state index in [2.05, 4.69) is 5.32 Å². The van der Waals surface area contributed by atoms with Crippen molar-refractivity contribution >= 4 is 38.6 Å². The van der Waals surface area contributed by atoms with Crippen LogP contribution in [0.5, 0.6) is 0 Å². The van der Waals surface area contributed by atoms with Crippen molar-refractivity contribution in [1.29, 1.82) is 0 Å². The van der Waals surface area contributed by atoms with Gasteiger partial charge in [-0.15, -0.1) is 0 Å². The molecule has 3 aromatic rings. The molecule has 0 bridgehead atoms.